The fourth-order valence-corrected chi connectivity index (χ4v) is 3.59. The Hall–Kier alpha value is -1.82. The number of nitrogens with one attached hydrogen (secondary N) is 1. The number of anilines is 1. The largest absolute Gasteiger partial charge is 0.372 e. The summed E-state index contributed by atoms with van der Waals surface area (Å²) in [6.45, 7) is 7.91. The van der Waals surface area contributed by atoms with Crippen LogP contribution >= 0.6 is 0 Å². The molecule has 0 saturated carbocycles. The van der Waals surface area contributed by atoms with E-state index in [-0.39, 0.29) is 18.2 Å². The summed E-state index contributed by atoms with van der Waals surface area (Å²) in [5.41, 5.74) is 1.09. The number of morpholine rings is 1. The van der Waals surface area contributed by atoms with Gasteiger partial charge in [0.25, 0.3) is 0 Å². The summed E-state index contributed by atoms with van der Waals surface area (Å²) >= 11 is 0. The van der Waals surface area contributed by atoms with Gasteiger partial charge in [0.15, 0.2) is 0 Å². The molecule has 0 aromatic carbocycles. The molecule has 2 aliphatic rings. The summed E-state index contributed by atoms with van der Waals surface area (Å²) < 4.78 is 5.69. The van der Waals surface area contributed by atoms with E-state index in [2.05, 4.69) is 21.3 Å². The molecule has 1 aromatic rings. The Labute approximate surface area is 144 Å². The molecule has 2 amide bonds. The fourth-order valence-electron chi connectivity index (χ4n) is 3.59. The first-order valence-electron chi connectivity index (χ1n) is 9.00. The van der Waals surface area contributed by atoms with Crippen molar-refractivity contribution >= 4 is 11.8 Å². The Bertz CT molecular complexity index is 550. The molecule has 2 aliphatic heterocycles. The Balaban J connectivity index is 1.61. The summed E-state index contributed by atoms with van der Waals surface area (Å²) in [6.07, 6.45) is 5.73. The van der Waals surface area contributed by atoms with Gasteiger partial charge in [-0.05, 0) is 39.2 Å². The van der Waals surface area contributed by atoms with Crippen molar-refractivity contribution in [3.63, 3.8) is 0 Å². The predicted molar refractivity (Wildman–Crippen MR) is 94.1 cm³/mol. The lowest BCUT2D eigenvalue weighted by Gasteiger charge is -2.35. The third-order valence-corrected chi connectivity index (χ3v) is 4.66. The number of urea groups is 1. The molecule has 132 valence electrons. The predicted octanol–water partition coefficient (Wildman–Crippen LogP) is 2.39. The Kier molecular flexibility index (Phi) is 5.56. The quantitative estimate of drug-likeness (QED) is 0.923. The molecular formula is C18H28N4O2. The van der Waals surface area contributed by atoms with Crippen molar-refractivity contribution in [2.75, 3.05) is 31.1 Å². The van der Waals surface area contributed by atoms with Crippen LogP contribution in [0.4, 0.5) is 10.6 Å². The molecule has 24 heavy (non-hydrogen) atoms. The molecule has 3 heterocycles. The third-order valence-electron chi connectivity index (χ3n) is 4.66. The molecule has 2 fully saturated rings. The van der Waals surface area contributed by atoms with Crippen molar-refractivity contribution in [2.24, 2.45) is 0 Å². The zero-order valence-electron chi connectivity index (χ0n) is 14.7. The summed E-state index contributed by atoms with van der Waals surface area (Å²) in [4.78, 5) is 21.2. The van der Waals surface area contributed by atoms with E-state index in [1.54, 1.807) is 0 Å². The van der Waals surface area contributed by atoms with Gasteiger partial charge in [-0.3, -0.25) is 0 Å². The SMILES string of the molecule is CC1CN(C(=O)NCc2cccnc2N2CCCCC2)CC(C)O1. The van der Waals surface area contributed by atoms with Crippen LogP contribution in [-0.4, -0.2) is 54.3 Å². The van der Waals surface area contributed by atoms with Crippen LogP contribution in [0.1, 0.15) is 38.7 Å². The van der Waals surface area contributed by atoms with Gasteiger partial charge in [-0.15, -0.1) is 0 Å². The number of aromatic nitrogens is 1. The number of pyridine rings is 1. The van der Waals surface area contributed by atoms with Crippen molar-refractivity contribution in [1.29, 1.82) is 0 Å². The van der Waals surface area contributed by atoms with E-state index in [9.17, 15) is 4.79 Å². The highest BCUT2D eigenvalue weighted by molar-refractivity contribution is 5.74. The van der Waals surface area contributed by atoms with Crippen molar-refractivity contribution in [1.82, 2.24) is 15.2 Å². The summed E-state index contributed by atoms with van der Waals surface area (Å²) in [5, 5.41) is 3.05. The molecule has 1 aromatic heterocycles. The zero-order valence-corrected chi connectivity index (χ0v) is 14.7. The van der Waals surface area contributed by atoms with Crippen molar-refractivity contribution in [3.8, 4) is 0 Å². The lowest BCUT2D eigenvalue weighted by Crippen LogP contribution is -2.51. The number of amides is 2. The molecule has 0 spiro atoms. The van der Waals surface area contributed by atoms with Gasteiger partial charge in [-0.25, -0.2) is 9.78 Å². The highest BCUT2D eigenvalue weighted by atomic mass is 16.5. The van der Waals surface area contributed by atoms with E-state index < -0.39 is 0 Å². The van der Waals surface area contributed by atoms with Crippen LogP contribution in [-0.2, 0) is 11.3 Å². The van der Waals surface area contributed by atoms with E-state index in [1.807, 2.05) is 31.0 Å². The molecule has 0 radical (unpaired) electrons. The second-order valence-electron chi connectivity index (χ2n) is 6.85. The Morgan fingerprint density at radius 2 is 1.96 bits per heavy atom. The van der Waals surface area contributed by atoms with Gasteiger partial charge in [-0.1, -0.05) is 6.07 Å². The van der Waals surface area contributed by atoms with Crippen LogP contribution in [0.15, 0.2) is 18.3 Å². The minimum absolute atomic E-state index is 0.0227. The summed E-state index contributed by atoms with van der Waals surface area (Å²) in [7, 11) is 0. The number of ether oxygens (including phenoxy) is 1. The van der Waals surface area contributed by atoms with Crippen molar-refractivity contribution in [2.45, 2.75) is 51.9 Å². The number of hydrogen-bond acceptors (Lipinski definition) is 4. The maximum atomic E-state index is 12.5. The molecule has 2 unspecified atom stereocenters. The van der Waals surface area contributed by atoms with E-state index in [0.29, 0.717) is 19.6 Å². The number of rotatable bonds is 3. The molecule has 1 N–H and O–H groups in total. The number of piperidine rings is 1. The highest BCUT2D eigenvalue weighted by Crippen LogP contribution is 2.21. The minimum Gasteiger partial charge on any atom is -0.372 e. The lowest BCUT2D eigenvalue weighted by molar-refractivity contribution is -0.0545. The van der Waals surface area contributed by atoms with Gasteiger partial charge in [0.1, 0.15) is 5.82 Å². The number of carbonyl (C=O) groups is 1. The van der Waals surface area contributed by atoms with Crippen molar-refractivity contribution in [3.05, 3.63) is 23.9 Å². The van der Waals surface area contributed by atoms with Crippen LogP contribution < -0.4 is 10.2 Å². The van der Waals surface area contributed by atoms with Gasteiger partial charge in [0.2, 0.25) is 0 Å². The zero-order chi connectivity index (χ0) is 16.9. The molecular weight excluding hydrogens is 304 g/mol. The molecule has 6 nitrogen and oxygen atoms in total. The summed E-state index contributed by atoms with van der Waals surface area (Å²) in [5.74, 6) is 1.02. The van der Waals surface area contributed by atoms with Gasteiger partial charge >= 0.3 is 6.03 Å². The monoisotopic (exact) mass is 332 g/mol. The molecule has 2 saturated heterocycles. The third kappa shape index (κ3) is 4.17. The fraction of sp³-hybridized carbons (Fsp3) is 0.667. The first kappa shape index (κ1) is 17.0. The maximum Gasteiger partial charge on any atom is 0.317 e. The van der Waals surface area contributed by atoms with Gasteiger partial charge in [-0.2, -0.15) is 0 Å². The second kappa shape index (κ2) is 7.83. The Morgan fingerprint density at radius 1 is 1.25 bits per heavy atom. The van der Waals surface area contributed by atoms with Crippen molar-refractivity contribution < 1.29 is 9.53 Å². The van der Waals surface area contributed by atoms with Crippen LogP contribution in [0.5, 0.6) is 0 Å². The number of carbonyl (C=O) groups excluding carboxylic acids is 1. The second-order valence-corrected chi connectivity index (χ2v) is 6.85. The average molecular weight is 332 g/mol. The topological polar surface area (TPSA) is 57.7 Å². The van der Waals surface area contributed by atoms with E-state index in [0.717, 1.165) is 24.5 Å². The van der Waals surface area contributed by atoms with E-state index in [4.69, 9.17) is 4.74 Å². The standard InChI is InChI=1S/C18H28N4O2/c1-14-12-22(13-15(2)24-14)18(23)20-11-16-7-6-8-19-17(16)21-9-4-3-5-10-21/h6-8,14-15H,3-5,9-13H2,1-2H3,(H,20,23). The van der Waals surface area contributed by atoms with Gasteiger partial charge in [0.05, 0.1) is 12.2 Å². The van der Waals surface area contributed by atoms with Gasteiger partial charge in [0, 0.05) is 44.5 Å². The molecule has 0 aliphatic carbocycles. The van der Waals surface area contributed by atoms with E-state index in [1.165, 1.54) is 19.3 Å². The minimum atomic E-state index is -0.0227. The number of nitrogens with zero attached hydrogens (tertiary/aromatic N) is 3. The maximum absolute atomic E-state index is 12.5. The van der Waals surface area contributed by atoms with Crippen LogP contribution in [0.3, 0.4) is 0 Å². The number of hydrogen-bond donors (Lipinski definition) is 1. The molecule has 3 rings (SSSR count). The molecule has 2 atom stereocenters. The lowest BCUT2D eigenvalue weighted by atomic mass is 10.1. The normalized spacial score (nSPS) is 24.8. The van der Waals surface area contributed by atoms with Crippen LogP contribution in [0.2, 0.25) is 0 Å². The first-order valence-corrected chi connectivity index (χ1v) is 9.00. The summed E-state index contributed by atoms with van der Waals surface area (Å²) in [6, 6.07) is 3.97. The Morgan fingerprint density at radius 3 is 2.67 bits per heavy atom. The highest BCUT2D eigenvalue weighted by Gasteiger charge is 2.26. The molecule has 6 heteroatoms. The molecule has 0 bridgehead atoms. The average Bonchev–Trinajstić information content (AvgIpc) is 2.60. The first-order chi connectivity index (χ1) is 11.6. The van der Waals surface area contributed by atoms with Crippen LogP contribution in [0, 0.1) is 0 Å². The smallest absolute Gasteiger partial charge is 0.317 e. The van der Waals surface area contributed by atoms with Gasteiger partial charge < -0.3 is 19.9 Å². The van der Waals surface area contributed by atoms with Crippen LogP contribution in [0.25, 0.3) is 0 Å². The van der Waals surface area contributed by atoms with E-state index >= 15 is 0 Å².